The Balaban J connectivity index is 2.88. The van der Waals surface area contributed by atoms with Crippen LogP contribution < -0.4 is 5.73 Å². The topological polar surface area (TPSA) is 80.4 Å². The molecule has 0 spiro atoms. The summed E-state index contributed by atoms with van der Waals surface area (Å²) in [5.41, 5.74) is 6.33. The molecular weight excluding hydrogens is 238 g/mol. The molecule has 5 heteroatoms. The number of carboxylic acid groups (broad SMARTS) is 1. The van der Waals surface area contributed by atoms with E-state index >= 15 is 0 Å². The molecule has 0 radical (unpaired) electrons. The molecule has 1 aromatic carbocycles. The molecule has 88 valence electrons. The van der Waals surface area contributed by atoms with Crippen molar-refractivity contribution in [3.8, 4) is 11.8 Å². The Bertz CT molecular complexity index is 514. The Labute approximate surface area is 103 Å². The van der Waals surface area contributed by atoms with Gasteiger partial charge in [0.2, 0.25) is 0 Å². The molecule has 3 N–H and O–H groups in total. The van der Waals surface area contributed by atoms with Gasteiger partial charge in [-0.3, -0.25) is 4.79 Å². The number of thioether (sulfide) groups is 1. The second-order valence-corrected chi connectivity index (χ2v) is 4.31. The lowest BCUT2D eigenvalue weighted by Crippen LogP contribution is -2.03. The second kappa shape index (κ2) is 5.97. The first-order chi connectivity index (χ1) is 8.02. The zero-order valence-corrected chi connectivity index (χ0v) is 10.0. The predicted molar refractivity (Wildman–Crippen MR) is 67.8 cm³/mol. The molecule has 4 nitrogen and oxygen atoms in total. The van der Waals surface area contributed by atoms with Gasteiger partial charge in [0.05, 0.1) is 17.0 Å². The molecule has 1 rings (SSSR count). The largest absolute Gasteiger partial charge is 0.478 e. The van der Waals surface area contributed by atoms with E-state index in [0.717, 1.165) is 11.8 Å². The van der Waals surface area contributed by atoms with Crippen LogP contribution in [0.25, 0.3) is 0 Å². The number of carbonyl (C=O) groups excluding carboxylic acids is 1. The van der Waals surface area contributed by atoms with E-state index in [2.05, 4.69) is 11.8 Å². The number of rotatable bonds is 2. The van der Waals surface area contributed by atoms with E-state index in [0.29, 0.717) is 11.3 Å². The average Bonchev–Trinajstić information content (AvgIpc) is 2.25. The fourth-order valence-corrected chi connectivity index (χ4v) is 1.48. The summed E-state index contributed by atoms with van der Waals surface area (Å²) < 4.78 is 0. The van der Waals surface area contributed by atoms with Gasteiger partial charge in [-0.05, 0) is 12.1 Å². The van der Waals surface area contributed by atoms with Crippen molar-refractivity contribution in [1.29, 1.82) is 0 Å². The minimum absolute atomic E-state index is 0.00782. The molecule has 0 heterocycles. The van der Waals surface area contributed by atoms with Gasteiger partial charge in [-0.15, -0.1) is 0 Å². The predicted octanol–water partition coefficient (Wildman–Crippen LogP) is 1.60. The lowest BCUT2D eigenvalue weighted by atomic mass is 10.1. The maximum atomic E-state index is 10.8. The summed E-state index contributed by atoms with van der Waals surface area (Å²) in [5, 5.41) is 8.85. The number of nitrogen functional groups attached to an aromatic ring is 1. The van der Waals surface area contributed by atoms with E-state index in [9.17, 15) is 9.59 Å². The van der Waals surface area contributed by atoms with E-state index in [1.807, 2.05) is 0 Å². The first-order valence-corrected chi connectivity index (χ1v) is 5.75. The molecular formula is C12H11NO3S. The van der Waals surface area contributed by atoms with Crippen LogP contribution in [0.4, 0.5) is 5.69 Å². The van der Waals surface area contributed by atoms with Gasteiger partial charge in [-0.2, -0.15) is 0 Å². The first kappa shape index (κ1) is 13.1. The van der Waals surface area contributed by atoms with E-state index in [4.69, 9.17) is 10.8 Å². The number of carbonyl (C=O) groups is 2. The normalized spacial score (nSPS) is 9.24. The fraction of sp³-hybridized carbons (Fsp3) is 0.167. The third-order valence-corrected chi connectivity index (χ3v) is 2.60. The standard InChI is InChI=1S/C12H11NO3S/c1-8(14)17-7-3-5-9-4-2-6-10(11(9)13)12(15)16/h2,4,6H,7,13H2,1H3,(H,15,16). The number of hydrogen-bond donors (Lipinski definition) is 2. The average molecular weight is 249 g/mol. The molecule has 0 saturated heterocycles. The van der Waals surface area contributed by atoms with Crippen molar-refractivity contribution in [2.75, 3.05) is 11.5 Å². The molecule has 0 aliphatic heterocycles. The summed E-state index contributed by atoms with van der Waals surface area (Å²) in [6.07, 6.45) is 0. The monoisotopic (exact) mass is 249 g/mol. The van der Waals surface area contributed by atoms with Crippen molar-refractivity contribution < 1.29 is 14.7 Å². The SMILES string of the molecule is CC(=O)SCC#Cc1cccc(C(=O)O)c1N. The van der Waals surface area contributed by atoms with Crippen LogP contribution in [0.1, 0.15) is 22.8 Å². The van der Waals surface area contributed by atoms with E-state index in [1.54, 1.807) is 12.1 Å². The van der Waals surface area contributed by atoms with Gasteiger partial charge < -0.3 is 10.8 Å². The quantitative estimate of drug-likeness (QED) is 0.614. The smallest absolute Gasteiger partial charge is 0.337 e. The number of carboxylic acids is 1. The minimum Gasteiger partial charge on any atom is -0.478 e. The van der Waals surface area contributed by atoms with Crippen LogP contribution in [0.15, 0.2) is 18.2 Å². The molecule has 1 aromatic rings. The highest BCUT2D eigenvalue weighted by molar-refractivity contribution is 8.13. The Morgan fingerprint density at radius 2 is 2.18 bits per heavy atom. The van der Waals surface area contributed by atoms with Gasteiger partial charge in [-0.25, -0.2) is 4.79 Å². The van der Waals surface area contributed by atoms with Crippen molar-refractivity contribution in [2.24, 2.45) is 0 Å². The Kier molecular flexibility index (Phi) is 4.61. The van der Waals surface area contributed by atoms with Crippen molar-refractivity contribution in [3.05, 3.63) is 29.3 Å². The highest BCUT2D eigenvalue weighted by atomic mass is 32.2. The third-order valence-electron chi connectivity index (χ3n) is 1.91. The summed E-state index contributed by atoms with van der Waals surface area (Å²) in [5.74, 6) is 4.80. The van der Waals surface area contributed by atoms with E-state index < -0.39 is 5.97 Å². The van der Waals surface area contributed by atoms with Gasteiger partial charge in [0.15, 0.2) is 5.12 Å². The van der Waals surface area contributed by atoms with Gasteiger partial charge >= 0.3 is 5.97 Å². The van der Waals surface area contributed by atoms with Crippen molar-refractivity contribution in [3.63, 3.8) is 0 Å². The summed E-state index contributed by atoms with van der Waals surface area (Å²) >= 11 is 1.10. The molecule has 0 aromatic heterocycles. The van der Waals surface area contributed by atoms with Crippen LogP contribution in [0, 0.1) is 11.8 Å². The number of aromatic carboxylic acids is 1. The van der Waals surface area contributed by atoms with Crippen LogP contribution in [-0.2, 0) is 4.79 Å². The summed E-state index contributed by atoms with van der Waals surface area (Å²) in [6, 6.07) is 4.66. The van der Waals surface area contributed by atoms with Crippen molar-refractivity contribution in [1.82, 2.24) is 0 Å². The highest BCUT2D eigenvalue weighted by Crippen LogP contribution is 2.16. The van der Waals surface area contributed by atoms with Gasteiger partial charge in [-0.1, -0.05) is 29.7 Å². The number of hydrogen-bond acceptors (Lipinski definition) is 4. The summed E-state index contributed by atoms with van der Waals surface area (Å²) in [7, 11) is 0. The molecule has 0 unspecified atom stereocenters. The van der Waals surface area contributed by atoms with Crippen LogP contribution in [0.5, 0.6) is 0 Å². The number of benzene rings is 1. The number of anilines is 1. The van der Waals surface area contributed by atoms with Crippen molar-refractivity contribution in [2.45, 2.75) is 6.92 Å². The number of para-hydroxylation sites is 1. The highest BCUT2D eigenvalue weighted by Gasteiger charge is 2.09. The van der Waals surface area contributed by atoms with Crippen LogP contribution in [0.2, 0.25) is 0 Å². The molecule has 0 aliphatic rings. The zero-order chi connectivity index (χ0) is 12.8. The molecule has 0 fully saturated rings. The van der Waals surface area contributed by atoms with E-state index in [-0.39, 0.29) is 16.4 Å². The molecule has 0 saturated carbocycles. The van der Waals surface area contributed by atoms with Gasteiger partial charge in [0.25, 0.3) is 0 Å². The Morgan fingerprint density at radius 3 is 2.76 bits per heavy atom. The Hall–Kier alpha value is -1.93. The third kappa shape index (κ3) is 3.85. The second-order valence-electron chi connectivity index (χ2n) is 3.15. The summed E-state index contributed by atoms with van der Waals surface area (Å²) in [4.78, 5) is 21.5. The Morgan fingerprint density at radius 1 is 1.47 bits per heavy atom. The number of nitrogens with two attached hydrogens (primary N) is 1. The van der Waals surface area contributed by atoms with Crippen LogP contribution >= 0.6 is 11.8 Å². The fourth-order valence-electron chi connectivity index (χ4n) is 1.13. The zero-order valence-electron chi connectivity index (χ0n) is 9.19. The molecule has 0 bridgehead atoms. The molecule has 0 amide bonds. The van der Waals surface area contributed by atoms with Gasteiger partial charge in [0.1, 0.15) is 0 Å². The van der Waals surface area contributed by atoms with Crippen LogP contribution in [-0.4, -0.2) is 21.9 Å². The van der Waals surface area contributed by atoms with Crippen LogP contribution in [0.3, 0.4) is 0 Å². The lowest BCUT2D eigenvalue weighted by molar-refractivity contribution is -0.109. The molecule has 0 atom stereocenters. The maximum Gasteiger partial charge on any atom is 0.337 e. The van der Waals surface area contributed by atoms with Crippen molar-refractivity contribution >= 4 is 28.5 Å². The minimum atomic E-state index is -1.08. The molecule has 0 aliphatic carbocycles. The molecule has 17 heavy (non-hydrogen) atoms. The first-order valence-electron chi connectivity index (χ1n) is 4.76. The summed E-state index contributed by atoms with van der Waals surface area (Å²) in [6.45, 7) is 1.46. The van der Waals surface area contributed by atoms with Gasteiger partial charge in [0, 0.05) is 12.5 Å². The lowest BCUT2D eigenvalue weighted by Gasteiger charge is -2.02. The van der Waals surface area contributed by atoms with E-state index in [1.165, 1.54) is 13.0 Å². The maximum absolute atomic E-state index is 10.8.